The molecule has 5 heteroatoms. The van der Waals surface area contributed by atoms with Crippen molar-refractivity contribution in [3.8, 4) is 0 Å². The Morgan fingerprint density at radius 1 is 1.53 bits per heavy atom. The average molecular weight is 233 g/mol. The van der Waals surface area contributed by atoms with Gasteiger partial charge in [-0.3, -0.25) is 0 Å². The summed E-state index contributed by atoms with van der Waals surface area (Å²) in [7, 11) is 5.33. The van der Waals surface area contributed by atoms with Crippen LogP contribution in [-0.4, -0.2) is 41.5 Å². The number of carbonyl (C=O) groups excluding carboxylic acids is 1. The molecule has 0 aliphatic rings. The fourth-order valence-electron chi connectivity index (χ4n) is 1.73. The van der Waals surface area contributed by atoms with Gasteiger partial charge in [0.1, 0.15) is 5.56 Å². The lowest BCUT2D eigenvalue weighted by atomic mass is 10.3. The molecule has 2 aromatic heterocycles. The second-order valence-electron chi connectivity index (χ2n) is 4.11. The third-order valence-electron chi connectivity index (χ3n) is 2.42. The zero-order valence-electron chi connectivity index (χ0n) is 10.2. The van der Waals surface area contributed by atoms with E-state index in [4.69, 9.17) is 4.74 Å². The fraction of sp³-hybridized carbons (Fsp3) is 0.333. The van der Waals surface area contributed by atoms with Crippen molar-refractivity contribution >= 4 is 11.6 Å². The molecule has 0 aliphatic carbocycles. The molecule has 0 aliphatic heterocycles. The summed E-state index contributed by atoms with van der Waals surface area (Å²) < 4.78 is 6.57. The Hall–Kier alpha value is -1.88. The highest BCUT2D eigenvalue weighted by molar-refractivity contribution is 5.95. The van der Waals surface area contributed by atoms with Gasteiger partial charge in [-0.25, -0.2) is 9.78 Å². The molecule has 0 spiro atoms. The number of pyridine rings is 1. The summed E-state index contributed by atoms with van der Waals surface area (Å²) in [5.41, 5.74) is 2.04. The monoisotopic (exact) mass is 233 g/mol. The van der Waals surface area contributed by atoms with E-state index in [2.05, 4.69) is 4.98 Å². The zero-order chi connectivity index (χ0) is 12.4. The van der Waals surface area contributed by atoms with Crippen molar-refractivity contribution in [3.05, 3.63) is 35.8 Å². The molecule has 2 heterocycles. The van der Waals surface area contributed by atoms with Crippen molar-refractivity contribution in [2.24, 2.45) is 0 Å². The van der Waals surface area contributed by atoms with Crippen molar-refractivity contribution in [1.82, 2.24) is 14.3 Å². The Balaban J connectivity index is 2.49. The second kappa shape index (κ2) is 4.55. The smallest absolute Gasteiger partial charge is 0.341 e. The van der Waals surface area contributed by atoms with Crippen LogP contribution in [0.5, 0.6) is 0 Å². The number of methoxy groups -OCH3 is 1. The summed E-state index contributed by atoms with van der Waals surface area (Å²) >= 11 is 0. The number of fused-ring (bicyclic) bond motifs is 1. The molecule has 0 amide bonds. The van der Waals surface area contributed by atoms with Gasteiger partial charge in [-0.1, -0.05) is 0 Å². The molecule has 0 fully saturated rings. The third-order valence-corrected chi connectivity index (χ3v) is 2.42. The number of nitrogens with zero attached hydrogens (tertiary/aromatic N) is 3. The van der Waals surface area contributed by atoms with Crippen LogP contribution in [0, 0.1) is 0 Å². The molecular formula is C12H15N3O2. The van der Waals surface area contributed by atoms with Crippen LogP contribution < -0.4 is 0 Å². The Morgan fingerprint density at radius 2 is 2.29 bits per heavy atom. The van der Waals surface area contributed by atoms with E-state index in [-0.39, 0.29) is 5.97 Å². The first-order valence-electron chi connectivity index (χ1n) is 5.31. The van der Waals surface area contributed by atoms with Crippen LogP contribution in [0.15, 0.2) is 24.5 Å². The average Bonchev–Trinajstić information content (AvgIpc) is 2.68. The molecule has 0 saturated carbocycles. The molecule has 0 N–H and O–H groups in total. The molecule has 0 unspecified atom stereocenters. The molecule has 17 heavy (non-hydrogen) atoms. The van der Waals surface area contributed by atoms with Crippen LogP contribution in [-0.2, 0) is 11.3 Å². The first-order valence-corrected chi connectivity index (χ1v) is 5.31. The predicted molar refractivity (Wildman–Crippen MR) is 63.9 cm³/mol. The molecule has 0 radical (unpaired) electrons. The van der Waals surface area contributed by atoms with Gasteiger partial charge in [0, 0.05) is 18.9 Å². The van der Waals surface area contributed by atoms with E-state index in [1.54, 1.807) is 12.1 Å². The molecule has 0 saturated heterocycles. The van der Waals surface area contributed by atoms with E-state index in [0.717, 1.165) is 12.2 Å². The van der Waals surface area contributed by atoms with Gasteiger partial charge in [-0.05, 0) is 26.2 Å². The first kappa shape index (κ1) is 11.6. The molecular weight excluding hydrogens is 218 g/mol. The SMILES string of the molecule is COC(=O)c1cccn2cc(CN(C)C)nc12. The minimum atomic E-state index is -0.363. The molecule has 90 valence electrons. The maximum absolute atomic E-state index is 11.6. The molecule has 5 nitrogen and oxygen atoms in total. The highest BCUT2D eigenvalue weighted by Gasteiger charge is 2.13. The largest absolute Gasteiger partial charge is 0.465 e. The molecule has 0 bridgehead atoms. The number of ether oxygens (including phenoxy) is 1. The van der Waals surface area contributed by atoms with E-state index in [1.165, 1.54) is 7.11 Å². The normalized spacial score (nSPS) is 11.1. The van der Waals surface area contributed by atoms with Gasteiger partial charge in [0.05, 0.1) is 12.8 Å². The summed E-state index contributed by atoms with van der Waals surface area (Å²) in [4.78, 5) is 18.0. The van der Waals surface area contributed by atoms with Gasteiger partial charge in [-0.2, -0.15) is 0 Å². The number of imidazole rings is 1. The van der Waals surface area contributed by atoms with Crippen LogP contribution in [0.3, 0.4) is 0 Å². The maximum Gasteiger partial charge on any atom is 0.341 e. The molecule has 2 rings (SSSR count). The Bertz CT molecular complexity index is 546. The molecule has 0 atom stereocenters. The molecule has 2 aromatic rings. The van der Waals surface area contributed by atoms with E-state index < -0.39 is 0 Å². The number of hydrogen-bond donors (Lipinski definition) is 0. The fourth-order valence-corrected chi connectivity index (χ4v) is 1.73. The van der Waals surface area contributed by atoms with Crippen LogP contribution in [0.25, 0.3) is 5.65 Å². The van der Waals surface area contributed by atoms with Gasteiger partial charge in [0.25, 0.3) is 0 Å². The lowest BCUT2D eigenvalue weighted by molar-refractivity contribution is 0.0602. The van der Waals surface area contributed by atoms with Crippen LogP contribution >= 0.6 is 0 Å². The highest BCUT2D eigenvalue weighted by Crippen LogP contribution is 2.12. The predicted octanol–water partition coefficient (Wildman–Crippen LogP) is 1.18. The number of hydrogen-bond acceptors (Lipinski definition) is 4. The Morgan fingerprint density at radius 3 is 2.94 bits per heavy atom. The highest BCUT2D eigenvalue weighted by atomic mass is 16.5. The van der Waals surface area contributed by atoms with Crippen molar-refractivity contribution in [2.45, 2.75) is 6.54 Å². The van der Waals surface area contributed by atoms with Crippen molar-refractivity contribution in [2.75, 3.05) is 21.2 Å². The van der Waals surface area contributed by atoms with Gasteiger partial charge < -0.3 is 14.0 Å². The summed E-state index contributed by atoms with van der Waals surface area (Å²) in [5, 5.41) is 0. The summed E-state index contributed by atoms with van der Waals surface area (Å²) in [6, 6.07) is 3.52. The lowest BCUT2D eigenvalue weighted by Crippen LogP contribution is -2.10. The lowest BCUT2D eigenvalue weighted by Gasteiger charge is -2.04. The standard InChI is InChI=1S/C12H15N3O2/c1-14(2)7-9-8-15-6-4-5-10(11(15)13-9)12(16)17-3/h4-6,8H,7H2,1-3H3. The van der Waals surface area contributed by atoms with Crippen LogP contribution in [0.2, 0.25) is 0 Å². The summed E-state index contributed by atoms with van der Waals surface area (Å²) in [5.74, 6) is -0.363. The van der Waals surface area contributed by atoms with E-state index in [0.29, 0.717) is 11.2 Å². The summed E-state index contributed by atoms with van der Waals surface area (Å²) in [6.45, 7) is 0.738. The Labute approximate surface area is 99.6 Å². The molecule has 0 aromatic carbocycles. The van der Waals surface area contributed by atoms with E-state index in [1.807, 2.05) is 35.8 Å². The number of rotatable bonds is 3. The van der Waals surface area contributed by atoms with Crippen molar-refractivity contribution in [1.29, 1.82) is 0 Å². The topological polar surface area (TPSA) is 46.8 Å². The maximum atomic E-state index is 11.6. The van der Waals surface area contributed by atoms with Crippen LogP contribution in [0.4, 0.5) is 0 Å². The van der Waals surface area contributed by atoms with Gasteiger partial charge in [0.15, 0.2) is 5.65 Å². The second-order valence-corrected chi connectivity index (χ2v) is 4.11. The van der Waals surface area contributed by atoms with Gasteiger partial charge >= 0.3 is 5.97 Å². The van der Waals surface area contributed by atoms with E-state index >= 15 is 0 Å². The summed E-state index contributed by atoms with van der Waals surface area (Å²) in [6.07, 6.45) is 3.79. The minimum Gasteiger partial charge on any atom is -0.465 e. The number of carbonyl (C=O) groups is 1. The van der Waals surface area contributed by atoms with Crippen LogP contribution in [0.1, 0.15) is 16.1 Å². The van der Waals surface area contributed by atoms with Gasteiger partial charge in [0.2, 0.25) is 0 Å². The quantitative estimate of drug-likeness (QED) is 0.747. The first-order chi connectivity index (χ1) is 8.11. The van der Waals surface area contributed by atoms with Crippen molar-refractivity contribution < 1.29 is 9.53 Å². The number of esters is 1. The van der Waals surface area contributed by atoms with Crippen molar-refractivity contribution in [3.63, 3.8) is 0 Å². The third kappa shape index (κ3) is 2.29. The van der Waals surface area contributed by atoms with E-state index in [9.17, 15) is 4.79 Å². The number of aromatic nitrogens is 2. The minimum absolute atomic E-state index is 0.363. The zero-order valence-corrected chi connectivity index (χ0v) is 10.2. The van der Waals surface area contributed by atoms with Gasteiger partial charge in [-0.15, -0.1) is 0 Å². The Kier molecular flexibility index (Phi) is 3.10.